The topological polar surface area (TPSA) is 78.5 Å². The largest absolute Gasteiger partial charge is 0.347 e. The van der Waals surface area contributed by atoms with Crippen molar-refractivity contribution in [1.82, 2.24) is 15.5 Å². The molecule has 0 aromatic rings. The third-order valence-electron chi connectivity index (χ3n) is 8.48. The van der Waals surface area contributed by atoms with Gasteiger partial charge in [-0.25, -0.2) is 0 Å². The van der Waals surface area contributed by atoms with E-state index in [0.717, 1.165) is 38.5 Å². The van der Waals surface area contributed by atoms with Crippen LogP contribution in [-0.2, 0) is 14.4 Å². The lowest BCUT2D eigenvalue weighted by molar-refractivity contribution is -0.147. The van der Waals surface area contributed by atoms with Crippen molar-refractivity contribution in [2.75, 3.05) is 19.6 Å². The number of nitrogens with one attached hydrogen (secondary N) is 2. The Hall–Kier alpha value is -1.59. The number of carbonyl (C=O) groups is 3. The molecule has 5 fully saturated rings. The van der Waals surface area contributed by atoms with Crippen LogP contribution < -0.4 is 10.6 Å². The van der Waals surface area contributed by atoms with Crippen LogP contribution in [0.25, 0.3) is 0 Å². The summed E-state index contributed by atoms with van der Waals surface area (Å²) in [4.78, 5) is 41.0. The van der Waals surface area contributed by atoms with Gasteiger partial charge in [-0.05, 0) is 83.0 Å². The van der Waals surface area contributed by atoms with E-state index in [1.165, 1.54) is 19.3 Å². The van der Waals surface area contributed by atoms with Crippen molar-refractivity contribution < 1.29 is 14.4 Å². The molecule has 0 atom stereocenters. The van der Waals surface area contributed by atoms with Gasteiger partial charge in [0.1, 0.15) is 5.54 Å². The van der Waals surface area contributed by atoms with Crippen molar-refractivity contribution >= 4 is 17.7 Å². The molecule has 6 heteroatoms. The summed E-state index contributed by atoms with van der Waals surface area (Å²) in [6.45, 7) is 5.23. The lowest BCUT2D eigenvalue weighted by Gasteiger charge is -2.55. The second-order valence-corrected chi connectivity index (χ2v) is 10.5. The van der Waals surface area contributed by atoms with Crippen LogP contribution in [0, 0.1) is 23.2 Å². The Labute approximate surface area is 180 Å². The fraction of sp³-hybridized carbons (Fsp3) is 0.875. The molecule has 0 aromatic heterocycles. The quantitative estimate of drug-likeness (QED) is 0.668. The lowest BCUT2D eigenvalue weighted by atomic mass is 9.49. The van der Waals surface area contributed by atoms with E-state index in [-0.39, 0.29) is 29.7 Å². The standard InChI is InChI=1S/C24H39N3O3/c1-3-27(4-2)22(30)24(8-6-5-7-9-24)26-20(28)16-25-21(29)23-13-17-10-18(14-23)12-19(11-17)15-23/h17-19H,3-16H2,1-2H3,(H,25,29)(H,26,28). The summed E-state index contributed by atoms with van der Waals surface area (Å²) in [5.74, 6) is 1.99. The molecule has 0 aromatic carbocycles. The van der Waals surface area contributed by atoms with Gasteiger partial charge in [-0.1, -0.05) is 19.3 Å². The summed E-state index contributed by atoms with van der Waals surface area (Å²) in [5, 5.41) is 6.03. The van der Waals surface area contributed by atoms with Crippen LogP contribution >= 0.6 is 0 Å². The number of nitrogens with zero attached hydrogens (tertiary/aromatic N) is 1. The molecule has 5 rings (SSSR count). The Balaban J connectivity index is 1.37. The molecule has 5 saturated carbocycles. The zero-order valence-electron chi connectivity index (χ0n) is 18.8. The van der Waals surface area contributed by atoms with E-state index in [9.17, 15) is 14.4 Å². The van der Waals surface area contributed by atoms with Crippen molar-refractivity contribution in [3.8, 4) is 0 Å². The van der Waals surface area contributed by atoms with E-state index in [2.05, 4.69) is 10.6 Å². The minimum absolute atomic E-state index is 0.0200. The van der Waals surface area contributed by atoms with Gasteiger partial charge < -0.3 is 15.5 Å². The molecular weight excluding hydrogens is 378 g/mol. The molecule has 4 bridgehead atoms. The van der Waals surface area contributed by atoms with Gasteiger partial charge >= 0.3 is 0 Å². The molecule has 0 heterocycles. The summed E-state index contributed by atoms with van der Waals surface area (Å²) >= 11 is 0. The second-order valence-electron chi connectivity index (χ2n) is 10.5. The molecule has 0 aliphatic heterocycles. The van der Waals surface area contributed by atoms with Crippen LogP contribution in [0.15, 0.2) is 0 Å². The summed E-state index contributed by atoms with van der Waals surface area (Å²) in [5.41, 5.74) is -1.04. The van der Waals surface area contributed by atoms with Crippen LogP contribution in [0.2, 0.25) is 0 Å². The van der Waals surface area contributed by atoms with Gasteiger partial charge in [-0.3, -0.25) is 14.4 Å². The average molecular weight is 418 g/mol. The Kier molecular flexibility index (Phi) is 6.13. The zero-order chi connectivity index (χ0) is 21.4. The number of rotatable bonds is 7. The van der Waals surface area contributed by atoms with Crippen molar-refractivity contribution in [1.29, 1.82) is 0 Å². The van der Waals surface area contributed by atoms with Gasteiger partial charge in [0.2, 0.25) is 17.7 Å². The lowest BCUT2D eigenvalue weighted by Crippen LogP contribution is -2.62. The van der Waals surface area contributed by atoms with Crippen LogP contribution in [-0.4, -0.2) is 47.8 Å². The Morgan fingerprint density at radius 2 is 1.40 bits per heavy atom. The molecule has 6 nitrogen and oxygen atoms in total. The molecule has 0 radical (unpaired) electrons. The highest BCUT2D eigenvalue weighted by molar-refractivity contribution is 5.94. The molecule has 168 valence electrons. The minimum atomic E-state index is -0.799. The first-order valence-electron chi connectivity index (χ1n) is 12.3. The smallest absolute Gasteiger partial charge is 0.248 e. The molecule has 3 amide bonds. The minimum Gasteiger partial charge on any atom is -0.347 e. The Morgan fingerprint density at radius 1 is 0.867 bits per heavy atom. The van der Waals surface area contributed by atoms with Crippen LogP contribution in [0.1, 0.15) is 84.5 Å². The monoisotopic (exact) mass is 417 g/mol. The van der Waals surface area contributed by atoms with Crippen molar-refractivity contribution in [2.45, 2.75) is 90.0 Å². The predicted octanol–water partition coefficient (Wildman–Crippen LogP) is 3.01. The maximum Gasteiger partial charge on any atom is 0.248 e. The third kappa shape index (κ3) is 3.99. The number of amides is 3. The molecule has 0 unspecified atom stereocenters. The van der Waals surface area contributed by atoms with Crippen molar-refractivity contribution in [3.63, 3.8) is 0 Å². The molecule has 5 aliphatic rings. The van der Waals surface area contributed by atoms with Gasteiger partial charge in [-0.2, -0.15) is 0 Å². The number of likely N-dealkylation sites (N-methyl/N-ethyl adjacent to an activating group) is 1. The van der Waals surface area contributed by atoms with Gasteiger partial charge in [-0.15, -0.1) is 0 Å². The van der Waals surface area contributed by atoms with E-state index in [0.29, 0.717) is 43.7 Å². The fourth-order valence-corrected chi connectivity index (χ4v) is 7.41. The molecule has 2 N–H and O–H groups in total. The Bertz CT molecular complexity index is 644. The van der Waals surface area contributed by atoms with E-state index in [1.54, 1.807) is 0 Å². The number of hydrogen-bond donors (Lipinski definition) is 2. The Morgan fingerprint density at radius 3 is 1.90 bits per heavy atom. The second kappa shape index (κ2) is 8.51. The fourth-order valence-electron chi connectivity index (χ4n) is 7.41. The van der Waals surface area contributed by atoms with E-state index < -0.39 is 5.54 Å². The summed E-state index contributed by atoms with van der Waals surface area (Å²) < 4.78 is 0. The van der Waals surface area contributed by atoms with E-state index in [1.807, 2.05) is 18.7 Å². The summed E-state index contributed by atoms with van der Waals surface area (Å²) in [7, 11) is 0. The van der Waals surface area contributed by atoms with Gasteiger partial charge in [0.05, 0.1) is 6.54 Å². The van der Waals surface area contributed by atoms with Gasteiger partial charge in [0.25, 0.3) is 0 Å². The highest BCUT2D eigenvalue weighted by Crippen LogP contribution is 2.60. The SMILES string of the molecule is CCN(CC)C(=O)C1(NC(=O)CNC(=O)C23CC4CC(CC(C4)C2)C3)CCCCC1. The molecule has 0 spiro atoms. The molecule has 30 heavy (non-hydrogen) atoms. The van der Waals surface area contributed by atoms with Crippen molar-refractivity contribution in [3.05, 3.63) is 0 Å². The summed E-state index contributed by atoms with van der Waals surface area (Å²) in [6.07, 6.45) is 11.3. The highest BCUT2D eigenvalue weighted by atomic mass is 16.2. The van der Waals surface area contributed by atoms with Gasteiger partial charge in [0.15, 0.2) is 0 Å². The third-order valence-corrected chi connectivity index (χ3v) is 8.48. The van der Waals surface area contributed by atoms with Crippen molar-refractivity contribution in [2.24, 2.45) is 23.2 Å². The first-order chi connectivity index (χ1) is 14.4. The maximum absolute atomic E-state index is 13.2. The van der Waals surface area contributed by atoms with E-state index in [4.69, 9.17) is 0 Å². The first kappa shape index (κ1) is 21.6. The van der Waals surface area contributed by atoms with Gasteiger partial charge in [0, 0.05) is 18.5 Å². The number of carbonyl (C=O) groups excluding carboxylic acids is 3. The average Bonchev–Trinajstić information content (AvgIpc) is 2.72. The highest BCUT2D eigenvalue weighted by Gasteiger charge is 2.54. The molecular formula is C24H39N3O3. The maximum atomic E-state index is 13.2. The first-order valence-corrected chi connectivity index (χ1v) is 12.3. The normalized spacial score (nSPS) is 33.7. The van der Waals surface area contributed by atoms with Crippen LogP contribution in [0.5, 0.6) is 0 Å². The molecule has 0 saturated heterocycles. The zero-order valence-corrected chi connectivity index (χ0v) is 18.8. The van der Waals surface area contributed by atoms with E-state index >= 15 is 0 Å². The molecule has 5 aliphatic carbocycles. The van der Waals surface area contributed by atoms with Crippen LogP contribution in [0.3, 0.4) is 0 Å². The van der Waals surface area contributed by atoms with Crippen LogP contribution in [0.4, 0.5) is 0 Å². The summed E-state index contributed by atoms with van der Waals surface area (Å²) in [6, 6.07) is 0. The number of hydrogen-bond acceptors (Lipinski definition) is 3. The predicted molar refractivity (Wildman–Crippen MR) is 116 cm³/mol.